The molecule has 0 fully saturated rings. The lowest BCUT2D eigenvalue weighted by Gasteiger charge is -2.29. The second kappa shape index (κ2) is 11.7. The SMILES string of the molecule is c1ccc(N(c2ccc3ccccc3c2)c2cccc3ccccc23)c(-c2ccc3c(c2)c2ccccc2n3-c2ccc3oc4ccccc4c3c2)c1. The third kappa shape index (κ3) is 4.68. The molecule has 3 heteroatoms. The molecule has 3 nitrogen and oxygen atoms in total. The summed E-state index contributed by atoms with van der Waals surface area (Å²) in [5.74, 6) is 0. The number of benzene rings is 9. The van der Waals surface area contributed by atoms with Crippen LogP contribution in [0.15, 0.2) is 199 Å². The van der Waals surface area contributed by atoms with Crippen LogP contribution in [-0.4, -0.2) is 4.57 Å². The first-order valence-corrected chi connectivity index (χ1v) is 18.1. The molecule has 0 spiro atoms. The Bertz CT molecular complexity index is 3200. The van der Waals surface area contributed by atoms with Gasteiger partial charge in [-0.3, -0.25) is 0 Å². The summed E-state index contributed by atoms with van der Waals surface area (Å²) in [5, 5.41) is 9.55. The molecule has 9 aromatic carbocycles. The van der Waals surface area contributed by atoms with Gasteiger partial charge in [0.15, 0.2) is 0 Å². The minimum Gasteiger partial charge on any atom is -0.456 e. The molecule has 0 radical (unpaired) electrons. The van der Waals surface area contributed by atoms with E-state index in [9.17, 15) is 0 Å². The van der Waals surface area contributed by atoms with Crippen molar-refractivity contribution in [2.45, 2.75) is 0 Å². The molecule has 53 heavy (non-hydrogen) atoms. The fourth-order valence-electron chi connectivity index (χ4n) is 8.31. The Morgan fingerprint density at radius 1 is 0.377 bits per heavy atom. The van der Waals surface area contributed by atoms with Crippen LogP contribution in [0.25, 0.3) is 82.1 Å². The fourth-order valence-corrected chi connectivity index (χ4v) is 8.31. The van der Waals surface area contributed by atoms with Crippen LogP contribution in [-0.2, 0) is 0 Å². The third-order valence-corrected chi connectivity index (χ3v) is 10.7. The van der Waals surface area contributed by atoms with Crippen molar-refractivity contribution < 1.29 is 4.42 Å². The molecule has 0 N–H and O–H groups in total. The maximum absolute atomic E-state index is 6.19. The van der Waals surface area contributed by atoms with E-state index in [0.717, 1.165) is 44.7 Å². The van der Waals surface area contributed by atoms with Crippen LogP contribution in [0.4, 0.5) is 17.1 Å². The van der Waals surface area contributed by atoms with Crippen molar-refractivity contribution >= 4 is 82.4 Å². The second-order valence-electron chi connectivity index (χ2n) is 13.7. The summed E-state index contributed by atoms with van der Waals surface area (Å²) >= 11 is 0. The molecule has 248 valence electrons. The Labute approximate surface area is 306 Å². The van der Waals surface area contributed by atoms with Crippen LogP contribution in [0.1, 0.15) is 0 Å². The minimum absolute atomic E-state index is 0.900. The monoisotopic (exact) mass is 676 g/mol. The van der Waals surface area contributed by atoms with Gasteiger partial charge < -0.3 is 13.9 Å². The van der Waals surface area contributed by atoms with Gasteiger partial charge in [-0.2, -0.15) is 0 Å². The molecule has 0 amide bonds. The van der Waals surface area contributed by atoms with Gasteiger partial charge >= 0.3 is 0 Å². The van der Waals surface area contributed by atoms with Gasteiger partial charge in [0.1, 0.15) is 11.2 Å². The van der Waals surface area contributed by atoms with E-state index < -0.39 is 0 Å². The lowest BCUT2D eigenvalue weighted by atomic mass is 9.98. The van der Waals surface area contributed by atoms with E-state index in [1.165, 1.54) is 54.5 Å². The molecule has 0 bridgehead atoms. The fraction of sp³-hybridized carbons (Fsp3) is 0. The van der Waals surface area contributed by atoms with E-state index in [2.05, 4.69) is 191 Å². The molecule has 0 aliphatic rings. The number of anilines is 3. The van der Waals surface area contributed by atoms with Crippen LogP contribution in [0.2, 0.25) is 0 Å². The second-order valence-corrected chi connectivity index (χ2v) is 13.7. The maximum Gasteiger partial charge on any atom is 0.135 e. The third-order valence-electron chi connectivity index (χ3n) is 10.7. The molecule has 0 saturated heterocycles. The normalized spacial score (nSPS) is 11.8. The summed E-state index contributed by atoms with van der Waals surface area (Å²) in [6, 6.07) is 70.0. The van der Waals surface area contributed by atoms with Crippen molar-refractivity contribution in [3.63, 3.8) is 0 Å². The van der Waals surface area contributed by atoms with Crippen molar-refractivity contribution in [2.75, 3.05) is 4.90 Å². The van der Waals surface area contributed by atoms with Gasteiger partial charge in [-0.05, 0) is 88.5 Å². The van der Waals surface area contributed by atoms with Gasteiger partial charge in [-0.1, -0.05) is 127 Å². The zero-order valence-corrected chi connectivity index (χ0v) is 28.8. The van der Waals surface area contributed by atoms with Crippen molar-refractivity contribution in [1.82, 2.24) is 4.57 Å². The highest BCUT2D eigenvalue weighted by atomic mass is 16.3. The van der Waals surface area contributed by atoms with E-state index in [0.29, 0.717) is 0 Å². The number of rotatable bonds is 5. The molecule has 2 heterocycles. The number of hydrogen-bond acceptors (Lipinski definition) is 2. The van der Waals surface area contributed by atoms with Gasteiger partial charge in [0.25, 0.3) is 0 Å². The summed E-state index contributed by atoms with van der Waals surface area (Å²) in [6.45, 7) is 0. The summed E-state index contributed by atoms with van der Waals surface area (Å²) in [5.41, 5.74) is 11.0. The Morgan fingerprint density at radius 3 is 1.98 bits per heavy atom. The lowest BCUT2D eigenvalue weighted by molar-refractivity contribution is 0.669. The Kier molecular flexibility index (Phi) is 6.55. The van der Waals surface area contributed by atoms with Gasteiger partial charge in [-0.15, -0.1) is 0 Å². The molecular formula is C50H32N2O. The Balaban J connectivity index is 1.13. The minimum atomic E-state index is 0.900. The number of nitrogens with zero attached hydrogens (tertiary/aromatic N) is 2. The molecule has 11 rings (SSSR count). The molecular weight excluding hydrogens is 645 g/mol. The molecule has 0 aliphatic carbocycles. The first-order chi connectivity index (χ1) is 26.3. The first kappa shape index (κ1) is 29.6. The lowest BCUT2D eigenvalue weighted by Crippen LogP contribution is -2.11. The molecule has 0 atom stereocenters. The topological polar surface area (TPSA) is 21.3 Å². The highest BCUT2D eigenvalue weighted by molar-refractivity contribution is 6.12. The van der Waals surface area contributed by atoms with Crippen molar-refractivity contribution in [3.8, 4) is 16.8 Å². The predicted molar refractivity (Wildman–Crippen MR) is 223 cm³/mol. The largest absolute Gasteiger partial charge is 0.456 e. The van der Waals surface area contributed by atoms with Crippen LogP contribution < -0.4 is 4.90 Å². The van der Waals surface area contributed by atoms with Crippen molar-refractivity contribution in [3.05, 3.63) is 194 Å². The number of aromatic nitrogens is 1. The van der Waals surface area contributed by atoms with Gasteiger partial charge in [0.05, 0.1) is 22.4 Å². The summed E-state index contributed by atoms with van der Waals surface area (Å²) in [7, 11) is 0. The summed E-state index contributed by atoms with van der Waals surface area (Å²) in [4.78, 5) is 2.43. The summed E-state index contributed by atoms with van der Waals surface area (Å²) in [6.07, 6.45) is 0. The predicted octanol–water partition coefficient (Wildman–Crippen LogP) is 14.1. The number of fused-ring (bicyclic) bond motifs is 8. The van der Waals surface area contributed by atoms with Crippen molar-refractivity contribution in [1.29, 1.82) is 0 Å². The Hall–Kier alpha value is -7.10. The Morgan fingerprint density at radius 2 is 1.06 bits per heavy atom. The molecule has 0 saturated carbocycles. The van der Waals surface area contributed by atoms with E-state index in [4.69, 9.17) is 4.42 Å². The number of hydrogen-bond donors (Lipinski definition) is 0. The zero-order valence-electron chi connectivity index (χ0n) is 28.8. The van der Waals surface area contributed by atoms with E-state index in [1.807, 2.05) is 12.1 Å². The van der Waals surface area contributed by atoms with Crippen LogP contribution in [0.5, 0.6) is 0 Å². The van der Waals surface area contributed by atoms with E-state index in [1.54, 1.807) is 0 Å². The van der Waals surface area contributed by atoms with Crippen LogP contribution in [0.3, 0.4) is 0 Å². The van der Waals surface area contributed by atoms with Crippen molar-refractivity contribution in [2.24, 2.45) is 0 Å². The molecule has 2 aromatic heterocycles. The maximum atomic E-state index is 6.19. The summed E-state index contributed by atoms with van der Waals surface area (Å²) < 4.78 is 8.58. The number of furan rings is 1. The highest BCUT2D eigenvalue weighted by Gasteiger charge is 2.21. The van der Waals surface area contributed by atoms with Crippen LogP contribution in [0, 0.1) is 0 Å². The smallest absolute Gasteiger partial charge is 0.135 e. The number of para-hydroxylation sites is 3. The van der Waals surface area contributed by atoms with Gasteiger partial charge in [-0.25, -0.2) is 0 Å². The molecule has 0 unspecified atom stereocenters. The van der Waals surface area contributed by atoms with Gasteiger partial charge in [0.2, 0.25) is 0 Å². The molecule has 0 aliphatic heterocycles. The standard InChI is InChI=1S/C50H32N2O/c1-2-14-35-30-37(26-24-33(35)12-1)51(46-22-11-15-34-13-3-4-16-39(34)46)45-20-8-5-17-40(45)36-25-28-48-43(31-36)41-18-6-9-21-47(41)52(48)38-27-29-50-44(32-38)42-19-7-10-23-49(42)53-50/h1-32H. The first-order valence-electron chi connectivity index (χ1n) is 18.1. The van der Waals surface area contributed by atoms with E-state index in [-0.39, 0.29) is 0 Å². The quantitative estimate of drug-likeness (QED) is 0.181. The van der Waals surface area contributed by atoms with Gasteiger partial charge in [0, 0.05) is 43.9 Å². The zero-order chi connectivity index (χ0) is 34.9. The average Bonchev–Trinajstić information content (AvgIpc) is 3.76. The highest BCUT2D eigenvalue weighted by Crippen LogP contribution is 2.45. The van der Waals surface area contributed by atoms with Crippen LogP contribution >= 0.6 is 0 Å². The van der Waals surface area contributed by atoms with E-state index >= 15 is 0 Å². The molecule has 11 aromatic rings. The average molecular weight is 677 g/mol.